The Morgan fingerprint density at radius 2 is 0.476 bits per heavy atom. The number of rotatable bonds is 67. The number of carbonyl (C=O) groups is 3. The summed E-state index contributed by atoms with van der Waals surface area (Å²) in [5.74, 6) is -0.867. The molecule has 0 rings (SSSR count). The highest BCUT2D eigenvalue weighted by atomic mass is 16.6. The van der Waals surface area contributed by atoms with Crippen molar-refractivity contribution in [3.63, 3.8) is 0 Å². The standard InChI is InChI=1S/C76H138O6/c1-4-7-10-13-16-19-22-25-28-31-34-37-38-40-42-45-48-51-54-57-60-63-66-69-75(78)81-72-73(71-80-74(77)68-65-62-59-56-53-50-47-44-41-36-33-30-27-24-21-18-15-12-9-6-3)82-76(79)70-67-64-61-58-55-52-49-46-43-39-35-32-29-26-23-20-17-14-11-8-5-2/h8,11,17,20,26,29,35,39,46,49,73H,4-7,9-10,12-16,18-19,21-25,27-28,30-34,36-38,40-45,47-48,50-72H2,1-3H3/b11-8-,20-17-,29-26-,39-35-,49-46-. The summed E-state index contributed by atoms with van der Waals surface area (Å²) in [7, 11) is 0. The normalized spacial score (nSPS) is 12.4. The fraction of sp³-hybridized carbons (Fsp3) is 0.829. The molecule has 0 aromatic rings. The van der Waals surface area contributed by atoms with Crippen LogP contribution in [0.25, 0.3) is 0 Å². The SMILES string of the molecule is CC/C=C\C/C=C\C/C=C\C/C=C\C/C=C\CCCCCCCC(=O)OC(COC(=O)CCCCCCCCCCCCCCCCCCCCCC)COC(=O)CCCCCCCCCCCCCCCCCCCCCCCCC. The maximum Gasteiger partial charge on any atom is 0.306 e. The summed E-state index contributed by atoms with van der Waals surface area (Å²) in [6, 6.07) is 0. The van der Waals surface area contributed by atoms with Gasteiger partial charge in [-0.1, -0.05) is 364 Å². The van der Waals surface area contributed by atoms with E-state index in [2.05, 4.69) is 81.5 Å². The molecule has 0 N–H and O–H groups in total. The molecule has 0 saturated heterocycles. The second kappa shape index (κ2) is 70.6. The summed E-state index contributed by atoms with van der Waals surface area (Å²) in [4.78, 5) is 38.5. The molecule has 6 nitrogen and oxygen atoms in total. The number of hydrogen-bond donors (Lipinski definition) is 0. The van der Waals surface area contributed by atoms with Crippen molar-refractivity contribution in [1.82, 2.24) is 0 Å². The molecule has 0 radical (unpaired) electrons. The molecule has 0 aromatic heterocycles. The molecule has 82 heavy (non-hydrogen) atoms. The van der Waals surface area contributed by atoms with Crippen molar-refractivity contribution in [2.45, 2.75) is 393 Å². The van der Waals surface area contributed by atoms with Gasteiger partial charge in [0.05, 0.1) is 0 Å². The molecule has 1 unspecified atom stereocenters. The van der Waals surface area contributed by atoms with Crippen LogP contribution in [0.2, 0.25) is 0 Å². The molecule has 6 heteroatoms. The fourth-order valence-electron chi connectivity index (χ4n) is 10.9. The highest BCUT2D eigenvalue weighted by molar-refractivity contribution is 5.71. The number of hydrogen-bond acceptors (Lipinski definition) is 6. The molecular weight excluding hydrogens is 1010 g/mol. The van der Waals surface area contributed by atoms with Crippen LogP contribution in [0.5, 0.6) is 0 Å². The Morgan fingerprint density at radius 3 is 0.744 bits per heavy atom. The second-order valence-corrected chi connectivity index (χ2v) is 24.5. The van der Waals surface area contributed by atoms with Gasteiger partial charge in [-0.15, -0.1) is 0 Å². The third-order valence-corrected chi connectivity index (χ3v) is 16.3. The second-order valence-electron chi connectivity index (χ2n) is 24.5. The molecule has 0 aliphatic heterocycles. The van der Waals surface area contributed by atoms with E-state index in [0.29, 0.717) is 19.3 Å². The van der Waals surface area contributed by atoms with E-state index in [4.69, 9.17) is 14.2 Å². The van der Waals surface area contributed by atoms with E-state index in [1.54, 1.807) is 0 Å². The van der Waals surface area contributed by atoms with Crippen molar-refractivity contribution in [2.24, 2.45) is 0 Å². The minimum Gasteiger partial charge on any atom is -0.462 e. The molecule has 478 valence electrons. The monoisotopic (exact) mass is 1150 g/mol. The summed E-state index contributed by atoms with van der Waals surface area (Å²) in [6.07, 6.45) is 91.1. The van der Waals surface area contributed by atoms with E-state index in [0.717, 1.165) is 109 Å². The van der Waals surface area contributed by atoms with E-state index >= 15 is 0 Å². The van der Waals surface area contributed by atoms with Gasteiger partial charge >= 0.3 is 17.9 Å². The van der Waals surface area contributed by atoms with Crippen molar-refractivity contribution >= 4 is 17.9 Å². The Bertz CT molecular complexity index is 1460. The highest BCUT2D eigenvalue weighted by Crippen LogP contribution is 2.19. The molecule has 0 saturated carbocycles. The zero-order valence-corrected chi connectivity index (χ0v) is 55.0. The van der Waals surface area contributed by atoms with E-state index in [1.165, 1.54) is 238 Å². The predicted octanol–water partition coefficient (Wildman–Crippen LogP) is 25.1. The van der Waals surface area contributed by atoms with Gasteiger partial charge in [0.2, 0.25) is 0 Å². The summed E-state index contributed by atoms with van der Waals surface area (Å²) >= 11 is 0. The van der Waals surface area contributed by atoms with Gasteiger partial charge in [0.15, 0.2) is 6.10 Å². The minimum atomic E-state index is -0.784. The van der Waals surface area contributed by atoms with E-state index in [1.807, 2.05) is 0 Å². The highest BCUT2D eigenvalue weighted by Gasteiger charge is 2.19. The Hall–Kier alpha value is -2.89. The molecule has 0 heterocycles. The Kier molecular flexibility index (Phi) is 68.1. The Labute approximate surface area is 510 Å². The van der Waals surface area contributed by atoms with Crippen molar-refractivity contribution in [3.05, 3.63) is 60.8 Å². The Balaban J connectivity index is 4.35. The van der Waals surface area contributed by atoms with Crippen molar-refractivity contribution in [2.75, 3.05) is 13.2 Å². The zero-order valence-electron chi connectivity index (χ0n) is 55.0. The van der Waals surface area contributed by atoms with Gasteiger partial charge in [-0.25, -0.2) is 0 Å². The average molecular weight is 1150 g/mol. The fourth-order valence-corrected chi connectivity index (χ4v) is 10.9. The number of ether oxygens (including phenoxy) is 3. The lowest BCUT2D eigenvalue weighted by atomic mass is 10.0. The first-order valence-electron chi connectivity index (χ1n) is 36.3. The van der Waals surface area contributed by atoms with Crippen LogP contribution < -0.4 is 0 Å². The maximum absolute atomic E-state index is 13.0. The van der Waals surface area contributed by atoms with E-state index < -0.39 is 6.10 Å². The summed E-state index contributed by atoms with van der Waals surface area (Å²) < 4.78 is 17.0. The smallest absolute Gasteiger partial charge is 0.306 e. The van der Waals surface area contributed by atoms with Crippen molar-refractivity contribution < 1.29 is 28.6 Å². The summed E-state index contributed by atoms with van der Waals surface area (Å²) in [5.41, 5.74) is 0. The lowest BCUT2D eigenvalue weighted by Gasteiger charge is -2.18. The molecular formula is C76H138O6. The predicted molar refractivity (Wildman–Crippen MR) is 358 cm³/mol. The molecule has 0 amide bonds. The van der Waals surface area contributed by atoms with Gasteiger partial charge in [-0.2, -0.15) is 0 Å². The quantitative estimate of drug-likeness (QED) is 0.0261. The van der Waals surface area contributed by atoms with E-state index in [-0.39, 0.29) is 31.1 Å². The molecule has 0 bridgehead atoms. The van der Waals surface area contributed by atoms with Crippen LogP contribution >= 0.6 is 0 Å². The molecule has 0 aliphatic carbocycles. The first-order chi connectivity index (χ1) is 40.5. The molecule has 0 aromatic carbocycles. The van der Waals surface area contributed by atoms with Crippen molar-refractivity contribution in [3.8, 4) is 0 Å². The van der Waals surface area contributed by atoms with Crippen LogP contribution in [0.3, 0.4) is 0 Å². The first-order valence-corrected chi connectivity index (χ1v) is 36.3. The van der Waals surface area contributed by atoms with Gasteiger partial charge in [-0.05, 0) is 64.2 Å². The summed E-state index contributed by atoms with van der Waals surface area (Å²) in [6.45, 7) is 6.59. The minimum absolute atomic E-state index is 0.0771. The summed E-state index contributed by atoms with van der Waals surface area (Å²) in [5, 5.41) is 0. The molecule has 1 atom stereocenters. The van der Waals surface area contributed by atoms with Crippen LogP contribution in [0.15, 0.2) is 60.8 Å². The Morgan fingerprint density at radius 1 is 0.256 bits per heavy atom. The van der Waals surface area contributed by atoms with Gasteiger partial charge in [0.25, 0.3) is 0 Å². The van der Waals surface area contributed by atoms with Crippen LogP contribution in [-0.4, -0.2) is 37.2 Å². The topological polar surface area (TPSA) is 78.9 Å². The number of esters is 3. The average Bonchev–Trinajstić information content (AvgIpc) is 3.47. The number of carbonyl (C=O) groups excluding carboxylic acids is 3. The molecule has 0 spiro atoms. The zero-order chi connectivity index (χ0) is 59.2. The van der Waals surface area contributed by atoms with Crippen LogP contribution in [0.4, 0.5) is 0 Å². The van der Waals surface area contributed by atoms with E-state index in [9.17, 15) is 14.4 Å². The number of allylic oxidation sites excluding steroid dienone is 10. The largest absolute Gasteiger partial charge is 0.462 e. The molecule has 0 fully saturated rings. The van der Waals surface area contributed by atoms with Crippen LogP contribution in [-0.2, 0) is 28.6 Å². The number of unbranched alkanes of at least 4 members (excludes halogenated alkanes) is 46. The third kappa shape index (κ3) is 67.9. The molecule has 0 aliphatic rings. The van der Waals surface area contributed by atoms with Gasteiger partial charge < -0.3 is 14.2 Å². The third-order valence-electron chi connectivity index (χ3n) is 16.3. The van der Waals surface area contributed by atoms with Gasteiger partial charge in [0.1, 0.15) is 13.2 Å². The van der Waals surface area contributed by atoms with Gasteiger partial charge in [0, 0.05) is 19.3 Å². The van der Waals surface area contributed by atoms with Crippen LogP contribution in [0, 0.1) is 0 Å². The first kappa shape index (κ1) is 79.1. The van der Waals surface area contributed by atoms with Crippen molar-refractivity contribution in [1.29, 1.82) is 0 Å². The lowest BCUT2D eigenvalue weighted by Crippen LogP contribution is -2.30. The van der Waals surface area contributed by atoms with Gasteiger partial charge in [-0.3, -0.25) is 14.4 Å². The lowest BCUT2D eigenvalue weighted by molar-refractivity contribution is -0.167. The maximum atomic E-state index is 13.0. The van der Waals surface area contributed by atoms with Crippen LogP contribution in [0.1, 0.15) is 387 Å².